The van der Waals surface area contributed by atoms with E-state index in [0.29, 0.717) is 6.54 Å². The molecule has 2 nitrogen and oxygen atoms in total. The summed E-state index contributed by atoms with van der Waals surface area (Å²) >= 11 is 0. The predicted octanol–water partition coefficient (Wildman–Crippen LogP) is 6.83. The van der Waals surface area contributed by atoms with Crippen LogP contribution in [0, 0.1) is 0 Å². The van der Waals surface area contributed by atoms with Gasteiger partial charge in [-0.25, -0.2) is 0 Å². The van der Waals surface area contributed by atoms with Crippen molar-refractivity contribution in [1.29, 1.82) is 0 Å². The maximum Gasteiger partial charge on any atom is 0.0463 e. The second-order valence-corrected chi connectivity index (χ2v) is 9.95. The summed E-state index contributed by atoms with van der Waals surface area (Å²) in [5.74, 6) is 0. The van der Waals surface area contributed by atoms with Crippen molar-refractivity contribution < 1.29 is 0 Å². The Hall–Kier alpha value is -2.91. The fraction of sp³-hybridized carbons (Fsp3) is 0.273. The van der Waals surface area contributed by atoms with Crippen molar-refractivity contribution in [2.75, 3.05) is 26.2 Å². The Kier molecular flexibility index (Phi) is 8.64. The number of rotatable bonds is 8. The van der Waals surface area contributed by atoms with E-state index in [-0.39, 0.29) is 23.2 Å². The molecule has 1 aliphatic rings. The number of hydrogen-bond donors (Lipinski definition) is 1. The Morgan fingerprint density at radius 3 is 1.39 bits per heavy atom. The number of nitrogens with zero attached hydrogens (tertiary/aromatic N) is 1. The second kappa shape index (κ2) is 11.9. The van der Waals surface area contributed by atoms with Crippen molar-refractivity contribution in [2.45, 2.75) is 30.1 Å². The number of halogens is 1. The molecule has 36 heavy (non-hydrogen) atoms. The van der Waals surface area contributed by atoms with E-state index in [1.54, 1.807) is 0 Å². The van der Waals surface area contributed by atoms with E-state index in [1.807, 2.05) is 0 Å². The first-order valence-electron chi connectivity index (χ1n) is 12.9. The Morgan fingerprint density at radius 1 is 0.611 bits per heavy atom. The summed E-state index contributed by atoms with van der Waals surface area (Å²) in [5.41, 5.74) is 11.8. The maximum atomic E-state index is 6.37. The molecular formula is C33H37ClN2. The van der Waals surface area contributed by atoms with Gasteiger partial charge in [0.2, 0.25) is 0 Å². The lowest BCUT2D eigenvalue weighted by atomic mass is 9.67. The Labute approximate surface area is 222 Å². The molecule has 0 aromatic heterocycles. The highest BCUT2D eigenvalue weighted by atomic mass is 35.5. The van der Waals surface area contributed by atoms with Gasteiger partial charge in [0, 0.05) is 17.4 Å². The highest BCUT2D eigenvalue weighted by Gasteiger charge is 2.38. The molecule has 0 bridgehead atoms. The maximum absolute atomic E-state index is 6.37. The normalized spacial score (nSPS) is 15.7. The van der Waals surface area contributed by atoms with Gasteiger partial charge in [-0.1, -0.05) is 121 Å². The van der Waals surface area contributed by atoms with Gasteiger partial charge in [0.25, 0.3) is 0 Å². The zero-order valence-electron chi connectivity index (χ0n) is 20.9. The van der Waals surface area contributed by atoms with Crippen LogP contribution in [0.25, 0.3) is 0 Å². The van der Waals surface area contributed by atoms with Crippen LogP contribution in [0.4, 0.5) is 0 Å². The Balaban J connectivity index is 0.00000304. The summed E-state index contributed by atoms with van der Waals surface area (Å²) in [6.45, 7) is 3.93. The molecule has 0 spiro atoms. The quantitative estimate of drug-likeness (QED) is 0.271. The van der Waals surface area contributed by atoms with Crippen LogP contribution in [0.2, 0.25) is 0 Å². The van der Waals surface area contributed by atoms with Gasteiger partial charge in [-0.05, 0) is 61.2 Å². The molecule has 1 fully saturated rings. The molecule has 0 unspecified atom stereocenters. The molecule has 1 heterocycles. The van der Waals surface area contributed by atoms with Crippen molar-refractivity contribution >= 4 is 12.4 Å². The molecule has 0 radical (unpaired) electrons. The predicted molar refractivity (Wildman–Crippen MR) is 154 cm³/mol. The zero-order chi connectivity index (χ0) is 24.0. The molecule has 4 aromatic rings. The van der Waals surface area contributed by atoms with Crippen molar-refractivity contribution in [3.63, 3.8) is 0 Å². The lowest BCUT2D eigenvalue weighted by Crippen LogP contribution is -2.47. The van der Waals surface area contributed by atoms with E-state index >= 15 is 0 Å². The van der Waals surface area contributed by atoms with Crippen LogP contribution < -0.4 is 5.73 Å². The largest absolute Gasteiger partial charge is 0.330 e. The fourth-order valence-electron chi connectivity index (χ4n) is 6.03. The molecule has 1 aliphatic heterocycles. The van der Waals surface area contributed by atoms with Gasteiger partial charge in [0.1, 0.15) is 0 Å². The van der Waals surface area contributed by atoms with Crippen LogP contribution in [0.5, 0.6) is 0 Å². The molecule has 4 aromatic carbocycles. The Bertz CT molecular complexity index is 1070. The van der Waals surface area contributed by atoms with E-state index in [2.05, 4.69) is 126 Å². The molecule has 0 atom stereocenters. The molecule has 2 N–H and O–H groups in total. The van der Waals surface area contributed by atoms with Crippen molar-refractivity contribution in [1.82, 2.24) is 4.90 Å². The van der Waals surface area contributed by atoms with Crippen LogP contribution in [0.1, 0.15) is 41.5 Å². The van der Waals surface area contributed by atoms with Gasteiger partial charge < -0.3 is 10.6 Å². The van der Waals surface area contributed by atoms with E-state index in [1.165, 1.54) is 22.3 Å². The first-order chi connectivity index (χ1) is 17.3. The number of benzene rings is 4. The van der Waals surface area contributed by atoms with Crippen LogP contribution >= 0.6 is 12.4 Å². The second-order valence-electron chi connectivity index (χ2n) is 9.95. The van der Waals surface area contributed by atoms with Gasteiger partial charge in [0.05, 0.1) is 0 Å². The zero-order valence-corrected chi connectivity index (χ0v) is 21.7. The molecule has 186 valence electrons. The van der Waals surface area contributed by atoms with Crippen molar-refractivity contribution in [3.05, 3.63) is 144 Å². The first kappa shape index (κ1) is 26.2. The average molecular weight is 497 g/mol. The summed E-state index contributed by atoms with van der Waals surface area (Å²) in [5, 5.41) is 0. The lowest BCUT2D eigenvalue weighted by molar-refractivity contribution is 0.155. The minimum Gasteiger partial charge on any atom is -0.330 e. The third-order valence-electron chi connectivity index (χ3n) is 8.19. The molecule has 0 saturated carbocycles. The van der Waals surface area contributed by atoms with E-state index in [9.17, 15) is 0 Å². The standard InChI is InChI=1S/C33H36N2.ClH/c34-27-32(28-13-5-1-6-14-28)21-24-35(25-22-32)26-23-33(29-15-7-2-8-16-29,30-17-9-3-10-18-30)31-19-11-4-12-20-31;/h1-20H,21-27,34H2;1H. The lowest BCUT2D eigenvalue weighted by Gasteiger charge is -2.43. The highest BCUT2D eigenvalue weighted by Crippen LogP contribution is 2.43. The SMILES string of the molecule is Cl.NCC1(c2ccccc2)CCN(CCC(c2ccccc2)(c2ccccc2)c2ccccc2)CC1. The fourth-order valence-corrected chi connectivity index (χ4v) is 6.03. The van der Waals surface area contributed by atoms with Crippen molar-refractivity contribution in [3.8, 4) is 0 Å². The van der Waals surface area contributed by atoms with Gasteiger partial charge in [-0.3, -0.25) is 0 Å². The molecule has 3 heteroatoms. The summed E-state index contributed by atoms with van der Waals surface area (Å²) in [6, 6.07) is 44.1. The molecule has 0 aliphatic carbocycles. The van der Waals surface area contributed by atoms with Crippen LogP contribution in [0.15, 0.2) is 121 Å². The van der Waals surface area contributed by atoms with Gasteiger partial charge in [0.15, 0.2) is 0 Å². The van der Waals surface area contributed by atoms with Gasteiger partial charge in [-0.2, -0.15) is 0 Å². The van der Waals surface area contributed by atoms with Gasteiger partial charge in [-0.15, -0.1) is 12.4 Å². The summed E-state index contributed by atoms with van der Waals surface area (Å²) in [4.78, 5) is 2.65. The molecule has 0 amide bonds. The number of nitrogens with two attached hydrogens (primary N) is 1. The summed E-state index contributed by atoms with van der Waals surface area (Å²) in [6.07, 6.45) is 3.26. The van der Waals surface area contributed by atoms with E-state index in [4.69, 9.17) is 5.73 Å². The Morgan fingerprint density at radius 2 is 1.00 bits per heavy atom. The average Bonchev–Trinajstić information content (AvgIpc) is 2.96. The van der Waals surface area contributed by atoms with Crippen molar-refractivity contribution in [2.24, 2.45) is 5.73 Å². The number of likely N-dealkylation sites (tertiary alicyclic amines) is 1. The van der Waals surface area contributed by atoms with Crippen LogP contribution in [-0.2, 0) is 10.8 Å². The third kappa shape index (κ3) is 5.13. The first-order valence-corrected chi connectivity index (χ1v) is 12.9. The minimum atomic E-state index is -0.189. The summed E-state index contributed by atoms with van der Waals surface area (Å²) in [7, 11) is 0. The van der Waals surface area contributed by atoms with Crippen LogP contribution in [0.3, 0.4) is 0 Å². The smallest absolute Gasteiger partial charge is 0.0463 e. The van der Waals surface area contributed by atoms with E-state index in [0.717, 1.165) is 38.9 Å². The van der Waals surface area contributed by atoms with Gasteiger partial charge >= 0.3 is 0 Å². The monoisotopic (exact) mass is 496 g/mol. The third-order valence-corrected chi connectivity index (χ3v) is 8.19. The molecular weight excluding hydrogens is 460 g/mol. The highest BCUT2D eigenvalue weighted by molar-refractivity contribution is 5.85. The summed E-state index contributed by atoms with van der Waals surface area (Å²) < 4.78 is 0. The minimum absolute atomic E-state index is 0. The topological polar surface area (TPSA) is 29.3 Å². The van der Waals surface area contributed by atoms with Crippen LogP contribution in [-0.4, -0.2) is 31.1 Å². The number of piperidine rings is 1. The molecule has 1 saturated heterocycles. The molecule has 5 rings (SSSR count). The van der Waals surface area contributed by atoms with E-state index < -0.39 is 0 Å². The number of hydrogen-bond acceptors (Lipinski definition) is 2.